The molecule has 15 aromatic rings. The molecule has 0 amide bonds. The Morgan fingerprint density at radius 1 is 0.284 bits per heavy atom. The second-order valence-electron chi connectivity index (χ2n) is 23.4. The fourth-order valence-electron chi connectivity index (χ4n) is 14.1. The predicted molar refractivity (Wildman–Crippen MR) is 344 cm³/mol. The molecular weight excluding hydrogens is 984 g/mol. The summed E-state index contributed by atoms with van der Waals surface area (Å²) >= 11 is 0. The zero-order valence-corrected chi connectivity index (χ0v) is 46.4. The molecule has 5 nitrogen and oxygen atoms in total. The number of benzene rings is 11. The molecule has 4 aromatic heterocycles. The van der Waals surface area contributed by atoms with Gasteiger partial charge in [0.15, 0.2) is 0 Å². The minimum Gasteiger partial charge on any atom is -0.458 e. The molecule has 0 aliphatic carbocycles. The number of rotatable bonds is 8. The minimum absolute atomic E-state index is 0.0679. The highest BCUT2D eigenvalue weighted by atomic mass is 16.5. The molecule has 1 aliphatic rings. The van der Waals surface area contributed by atoms with E-state index in [1.165, 1.54) is 98.2 Å². The third kappa shape index (κ3) is 7.05. The monoisotopic (exact) mass is 1040 g/mol. The number of para-hydroxylation sites is 6. The highest BCUT2D eigenvalue weighted by Crippen LogP contribution is 2.41. The van der Waals surface area contributed by atoms with Gasteiger partial charge < -0.3 is 23.0 Å². The Hall–Kier alpha value is -9.52. The largest absolute Gasteiger partial charge is 0.458 e. The Bertz CT molecular complexity index is 4680. The first-order chi connectivity index (χ1) is 39.7. The van der Waals surface area contributed by atoms with Crippen LogP contribution >= 0.6 is 0 Å². The van der Waals surface area contributed by atoms with E-state index in [-0.39, 0.29) is 6.71 Å². The molecule has 0 unspecified atom stereocenters. The van der Waals surface area contributed by atoms with Crippen molar-refractivity contribution in [1.29, 1.82) is 0 Å². The maximum Gasteiger partial charge on any atom is 0.251 e. The van der Waals surface area contributed by atoms with Gasteiger partial charge >= 0.3 is 0 Å². The maximum absolute atomic E-state index is 7.48. The van der Waals surface area contributed by atoms with Crippen molar-refractivity contribution >= 4 is 110 Å². The SMILES string of the molecule is CC(C)c1cc(C(C)C)c(B2c3ccc(-n4c5ccccc5c5cc(-n6c7ccccc7c7ccccc76)ccc54)cc3Oc3cc(-n4c5ccccc5c5cc(-n6c7ccccc7c7ccccc76)ccc54)ccc32)c(C(C)C)c1. The standard InChI is InChI=1S/C75H59BN4O/c1-45(2)48-39-59(46(3)4)75(60(40-48)47(5)6)76-63-35-31-51(79-69-29-17-11-23-57(69)61-41-49(33-37-71(61)79)77-65-25-13-7-19-53(65)54-20-8-14-26-66(54)77)43-73(63)81-74-44-52(32-36-64(74)76)80-70-30-18-12-24-58(70)62-42-50(34-38-72(62)80)78-67-27-15-9-21-55(67)56-22-10-16-28-68(56)78/h7-47H,1-6H3. The Morgan fingerprint density at radius 2 is 0.568 bits per heavy atom. The topological polar surface area (TPSA) is 28.9 Å². The van der Waals surface area contributed by atoms with Crippen molar-refractivity contribution in [2.45, 2.75) is 59.3 Å². The molecule has 0 saturated carbocycles. The summed E-state index contributed by atoms with van der Waals surface area (Å²) in [6, 6.07) is 85.8. The van der Waals surface area contributed by atoms with Gasteiger partial charge in [-0.15, -0.1) is 0 Å². The van der Waals surface area contributed by atoms with Crippen LogP contribution in [0.2, 0.25) is 0 Å². The maximum atomic E-state index is 7.48. The molecule has 0 N–H and O–H groups in total. The van der Waals surface area contributed by atoms with Crippen LogP contribution in [0.1, 0.15) is 76.0 Å². The molecule has 388 valence electrons. The molecule has 81 heavy (non-hydrogen) atoms. The number of nitrogens with zero attached hydrogens (tertiary/aromatic N) is 4. The quantitative estimate of drug-likeness (QED) is 0.139. The Morgan fingerprint density at radius 3 is 0.889 bits per heavy atom. The van der Waals surface area contributed by atoms with E-state index in [9.17, 15) is 0 Å². The fraction of sp³-hybridized carbons (Fsp3) is 0.120. The van der Waals surface area contributed by atoms with E-state index in [1.807, 2.05) is 0 Å². The number of fused-ring (bicyclic) bond motifs is 14. The van der Waals surface area contributed by atoms with Crippen LogP contribution in [0.4, 0.5) is 0 Å². The van der Waals surface area contributed by atoms with Crippen molar-refractivity contribution < 1.29 is 4.74 Å². The normalized spacial score (nSPS) is 12.7. The first-order valence-electron chi connectivity index (χ1n) is 28.9. The summed E-state index contributed by atoms with van der Waals surface area (Å²) in [6.07, 6.45) is 0. The summed E-state index contributed by atoms with van der Waals surface area (Å²) in [5, 5.41) is 9.87. The van der Waals surface area contributed by atoms with Crippen molar-refractivity contribution in [1.82, 2.24) is 18.3 Å². The average molecular weight is 1040 g/mol. The van der Waals surface area contributed by atoms with Gasteiger partial charge in [-0.25, -0.2) is 0 Å². The van der Waals surface area contributed by atoms with E-state index < -0.39 is 0 Å². The van der Waals surface area contributed by atoms with Gasteiger partial charge in [0.2, 0.25) is 0 Å². The van der Waals surface area contributed by atoms with Crippen LogP contribution < -0.4 is 21.1 Å². The first-order valence-corrected chi connectivity index (χ1v) is 28.9. The van der Waals surface area contributed by atoms with Crippen molar-refractivity contribution in [2.75, 3.05) is 0 Å². The van der Waals surface area contributed by atoms with Crippen LogP contribution in [0.3, 0.4) is 0 Å². The lowest BCUT2D eigenvalue weighted by Crippen LogP contribution is -2.57. The van der Waals surface area contributed by atoms with Crippen molar-refractivity contribution in [3.05, 3.63) is 247 Å². The second kappa shape index (κ2) is 18.0. The molecule has 5 heterocycles. The number of aromatic nitrogens is 4. The Balaban J connectivity index is 0.892. The second-order valence-corrected chi connectivity index (χ2v) is 23.4. The summed E-state index contributed by atoms with van der Waals surface area (Å²) in [5.74, 6) is 2.77. The molecule has 0 fully saturated rings. The van der Waals surface area contributed by atoms with E-state index >= 15 is 0 Å². The molecule has 0 saturated heterocycles. The number of ether oxygens (including phenoxy) is 1. The summed E-state index contributed by atoms with van der Waals surface area (Å²) < 4.78 is 17.2. The molecule has 16 rings (SSSR count). The van der Waals surface area contributed by atoms with Crippen LogP contribution in [-0.2, 0) is 0 Å². The van der Waals surface area contributed by atoms with Crippen LogP contribution in [-0.4, -0.2) is 25.0 Å². The van der Waals surface area contributed by atoms with Crippen molar-refractivity contribution in [3.63, 3.8) is 0 Å². The summed E-state index contributed by atoms with van der Waals surface area (Å²) in [6.45, 7) is 14.0. The Labute approximate surface area is 471 Å². The fourth-order valence-corrected chi connectivity index (χ4v) is 14.1. The van der Waals surface area contributed by atoms with Gasteiger partial charge in [0.05, 0.1) is 44.1 Å². The van der Waals surface area contributed by atoms with Crippen molar-refractivity contribution in [2.24, 2.45) is 0 Å². The highest BCUT2D eigenvalue weighted by molar-refractivity contribution is 6.97. The van der Waals surface area contributed by atoms with Gasteiger partial charge in [-0.1, -0.05) is 180 Å². The van der Waals surface area contributed by atoms with E-state index in [2.05, 4.69) is 290 Å². The molecular formula is C75H59BN4O. The molecule has 6 heteroatoms. The molecule has 0 radical (unpaired) electrons. The molecule has 11 aromatic carbocycles. The third-order valence-corrected chi connectivity index (χ3v) is 17.8. The van der Waals surface area contributed by atoms with Gasteiger partial charge in [-0.2, -0.15) is 0 Å². The number of hydrogen-bond acceptors (Lipinski definition) is 1. The van der Waals surface area contributed by atoms with E-state index in [4.69, 9.17) is 4.74 Å². The first kappa shape index (κ1) is 47.5. The van der Waals surface area contributed by atoms with Crippen LogP contribution in [0.15, 0.2) is 231 Å². The molecule has 1 aliphatic heterocycles. The van der Waals surface area contributed by atoms with Gasteiger partial charge in [0.1, 0.15) is 11.5 Å². The lowest BCUT2D eigenvalue weighted by Gasteiger charge is -2.32. The Kier molecular flexibility index (Phi) is 10.6. The predicted octanol–water partition coefficient (Wildman–Crippen LogP) is 18.1. The van der Waals surface area contributed by atoms with Crippen molar-refractivity contribution in [3.8, 4) is 34.2 Å². The molecule has 0 spiro atoms. The van der Waals surface area contributed by atoms with Gasteiger partial charge in [-0.05, 0) is 130 Å². The van der Waals surface area contributed by atoms with E-state index in [1.54, 1.807) is 0 Å². The molecule has 0 bridgehead atoms. The van der Waals surface area contributed by atoms with Crippen LogP contribution in [0.25, 0.3) is 110 Å². The van der Waals surface area contributed by atoms with Gasteiger partial charge in [0.25, 0.3) is 6.71 Å². The zero-order chi connectivity index (χ0) is 54.4. The van der Waals surface area contributed by atoms with Gasteiger partial charge in [-0.3, -0.25) is 0 Å². The van der Waals surface area contributed by atoms with E-state index in [0.717, 1.165) is 56.3 Å². The summed E-state index contributed by atoms with van der Waals surface area (Å²) in [4.78, 5) is 0. The highest BCUT2D eigenvalue weighted by Gasteiger charge is 2.37. The minimum atomic E-state index is -0.0679. The smallest absolute Gasteiger partial charge is 0.251 e. The lowest BCUT2D eigenvalue weighted by atomic mass is 9.34. The summed E-state index contributed by atoms with van der Waals surface area (Å²) in [5.41, 5.74) is 21.8. The third-order valence-electron chi connectivity index (χ3n) is 17.8. The average Bonchev–Trinajstić information content (AvgIpc) is 4.32. The van der Waals surface area contributed by atoms with Crippen LogP contribution in [0, 0.1) is 0 Å². The lowest BCUT2D eigenvalue weighted by molar-refractivity contribution is 0.487. The van der Waals surface area contributed by atoms with Crippen LogP contribution in [0.5, 0.6) is 11.5 Å². The molecule has 0 atom stereocenters. The van der Waals surface area contributed by atoms with Gasteiger partial charge in [0, 0.05) is 78.0 Å². The summed E-state index contributed by atoms with van der Waals surface area (Å²) in [7, 11) is 0. The van der Waals surface area contributed by atoms with E-state index in [0.29, 0.717) is 17.8 Å². The zero-order valence-electron chi connectivity index (χ0n) is 46.4. The number of hydrogen-bond donors (Lipinski definition) is 0.